The molecule has 0 fully saturated rings. The molecule has 0 atom stereocenters. The summed E-state index contributed by atoms with van der Waals surface area (Å²) in [5.41, 5.74) is 17.5. The maximum atomic E-state index is 5.58. The standard InChI is InChI=1S/C6H11N5/c1-9-11-6-5(8)4(7)2-3-10-6/h2-3,9H,8H2,1H3,(H3,7,10,11). The normalized spacial score (nSPS) is 9.55. The van der Waals surface area contributed by atoms with Crippen LogP contribution < -0.4 is 22.3 Å². The van der Waals surface area contributed by atoms with Crippen LogP contribution in [0, 0.1) is 0 Å². The average Bonchev–Trinajstić information content (AvgIpc) is 1.99. The van der Waals surface area contributed by atoms with Crippen molar-refractivity contribution in [1.82, 2.24) is 10.4 Å². The van der Waals surface area contributed by atoms with Gasteiger partial charge in [0.25, 0.3) is 0 Å². The van der Waals surface area contributed by atoms with Crippen LogP contribution in [-0.2, 0) is 0 Å². The number of nitrogens with two attached hydrogens (primary N) is 2. The number of nitrogens with zero attached hydrogens (tertiary/aromatic N) is 1. The van der Waals surface area contributed by atoms with Gasteiger partial charge in [0.15, 0.2) is 5.82 Å². The monoisotopic (exact) mass is 153 g/mol. The van der Waals surface area contributed by atoms with E-state index in [1.807, 2.05) is 0 Å². The molecule has 0 aliphatic carbocycles. The second-order valence-electron chi connectivity index (χ2n) is 2.04. The van der Waals surface area contributed by atoms with Gasteiger partial charge in [0.1, 0.15) is 0 Å². The first-order valence-electron chi connectivity index (χ1n) is 3.18. The molecule has 0 amide bonds. The molecule has 0 aliphatic heterocycles. The fourth-order valence-corrected chi connectivity index (χ4v) is 0.706. The van der Waals surface area contributed by atoms with Gasteiger partial charge in [-0.25, -0.2) is 10.4 Å². The van der Waals surface area contributed by atoms with E-state index in [2.05, 4.69) is 15.8 Å². The molecule has 0 spiro atoms. The Morgan fingerprint density at radius 3 is 2.82 bits per heavy atom. The molecule has 0 aliphatic rings. The molecule has 5 heteroatoms. The van der Waals surface area contributed by atoms with E-state index in [0.29, 0.717) is 17.2 Å². The molecule has 0 radical (unpaired) electrons. The Hall–Kier alpha value is -1.49. The lowest BCUT2D eigenvalue weighted by Crippen LogP contribution is -2.17. The first-order chi connectivity index (χ1) is 5.25. The van der Waals surface area contributed by atoms with Gasteiger partial charge in [-0.05, 0) is 6.07 Å². The zero-order chi connectivity index (χ0) is 8.27. The Kier molecular flexibility index (Phi) is 2.12. The molecule has 60 valence electrons. The number of nitrogen functional groups attached to an aromatic ring is 2. The Morgan fingerprint density at radius 2 is 2.18 bits per heavy atom. The third kappa shape index (κ3) is 1.50. The van der Waals surface area contributed by atoms with Crippen LogP contribution in [-0.4, -0.2) is 12.0 Å². The van der Waals surface area contributed by atoms with Crippen molar-refractivity contribution in [3.05, 3.63) is 12.3 Å². The summed E-state index contributed by atoms with van der Waals surface area (Å²) in [7, 11) is 1.73. The van der Waals surface area contributed by atoms with Crippen molar-refractivity contribution >= 4 is 17.2 Å². The minimum atomic E-state index is 0.460. The highest BCUT2D eigenvalue weighted by Gasteiger charge is 2.00. The molecule has 11 heavy (non-hydrogen) atoms. The maximum absolute atomic E-state index is 5.58. The van der Waals surface area contributed by atoms with Crippen molar-refractivity contribution in [3.63, 3.8) is 0 Å². The average molecular weight is 153 g/mol. The van der Waals surface area contributed by atoms with E-state index in [9.17, 15) is 0 Å². The van der Waals surface area contributed by atoms with Crippen LogP contribution in [0.3, 0.4) is 0 Å². The third-order valence-corrected chi connectivity index (χ3v) is 1.27. The summed E-state index contributed by atoms with van der Waals surface area (Å²) < 4.78 is 0. The number of hydrogen-bond acceptors (Lipinski definition) is 5. The number of rotatable bonds is 2. The summed E-state index contributed by atoms with van der Waals surface area (Å²) in [5, 5.41) is 0. The Labute approximate surface area is 64.8 Å². The van der Waals surface area contributed by atoms with Crippen LogP contribution in [0.15, 0.2) is 12.3 Å². The predicted octanol–water partition coefficient (Wildman–Crippen LogP) is -0.208. The molecule has 0 aromatic carbocycles. The summed E-state index contributed by atoms with van der Waals surface area (Å²) in [6, 6.07) is 1.65. The van der Waals surface area contributed by atoms with Gasteiger partial charge in [-0.1, -0.05) is 0 Å². The lowest BCUT2D eigenvalue weighted by atomic mass is 10.3. The highest BCUT2D eigenvalue weighted by Crippen LogP contribution is 2.20. The van der Waals surface area contributed by atoms with Crippen LogP contribution in [0.4, 0.5) is 17.2 Å². The number of nitrogens with one attached hydrogen (secondary N) is 2. The van der Waals surface area contributed by atoms with Crippen molar-refractivity contribution in [2.24, 2.45) is 0 Å². The number of hydrazine groups is 1. The molecular weight excluding hydrogens is 142 g/mol. The van der Waals surface area contributed by atoms with Gasteiger partial charge in [-0.3, -0.25) is 0 Å². The molecule has 0 bridgehead atoms. The van der Waals surface area contributed by atoms with Crippen molar-refractivity contribution in [1.29, 1.82) is 0 Å². The van der Waals surface area contributed by atoms with Crippen molar-refractivity contribution in [2.75, 3.05) is 23.9 Å². The van der Waals surface area contributed by atoms with Crippen molar-refractivity contribution in [3.8, 4) is 0 Å². The van der Waals surface area contributed by atoms with Gasteiger partial charge in [0, 0.05) is 13.2 Å². The molecule has 1 aromatic rings. The van der Waals surface area contributed by atoms with E-state index in [-0.39, 0.29) is 0 Å². The molecule has 0 unspecified atom stereocenters. The van der Waals surface area contributed by atoms with Crippen LogP contribution >= 0.6 is 0 Å². The second-order valence-corrected chi connectivity index (χ2v) is 2.04. The van der Waals surface area contributed by atoms with E-state index < -0.39 is 0 Å². The van der Waals surface area contributed by atoms with E-state index in [1.54, 1.807) is 19.3 Å². The molecule has 5 nitrogen and oxygen atoms in total. The van der Waals surface area contributed by atoms with Gasteiger partial charge in [0.05, 0.1) is 11.4 Å². The second kappa shape index (κ2) is 3.07. The largest absolute Gasteiger partial charge is 0.397 e. The van der Waals surface area contributed by atoms with Gasteiger partial charge in [-0.2, -0.15) is 0 Å². The van der Waals surface area contributed by atoms with Crippen LogP contribution in [0.5, 0.6) is 0 Å². The summed E-state index contributed by atoms with van der Waals surface area (Å²) >= 11 is 0. The van der Waals surface area contributed by atoms with Gasteiger partial charge < -0.3 is 16.9 Å². The third-order valence-electron chi connectivity index (χ3n) is 1.27. The van der Waals surface area contributed by atoms with Crippen LogP contribution in [0.2, 0.25) is 0 Å². The smallest absolute Gasteiger partial charge is 0.165 e. The van der Waals surface area contributed by atoms with E-state index in [4.69, 9.17) is 11.5 Å². The SMILES string of the molecule is CNNc1nccc(N)c1N. The topological polar surface area (TPSA) is 89.0 Å². The minimum Gasteiger partial charge on any atom is -0.397 e. The molecule has 1 rings (SSSR count). The number of pyridine rings is 1. The quantitative estimate of drug-likeness (QED) is 0.441. The molecule has 0 saturated heterocycles. The van der Waals surface area contributed by atoms with E-state index in [1.165, 1.54) is 0 Å². The first-order valence-corrected chi connectivity index (χ1v) is 3.18. The summed E-state index contributed by atoms with van der Waals surface area (Å²) in [4.78, 5) is 3.95. The number of aromatic nitrogens is 1. The fourth-order valence-electron chi connectivity index (χ4n) is 0.706. The number of anilines is 3. The summed E-state index contributed by atoms with van der Waals surface area (Å²) in [6.45, 7) is 0. The molecule has 6 N–H and O–H groups in total. The summed E-state index contributed by atoms with van der Waals surface area (Å²) in [5.74, 6) is 0.549. The first kappa shape index (κ1) is 7.62. The van der Waals surface area contributed by atoms with E-state index in [0.717, 1.165) is 0 Å². The fraction of sp³-hybridized carbons (Fsp3) is 0.167. The maximum Gasteiger partial charge on any atom is 0.165 e. The van der Waals surface area contributed by atoms with Crippen molar-refractivity contribution in [2.45, 2.75) is 0 Å². The van der Waals surface area contributed by atoms with Gasteiger partial charge in [-0.15, -0.1) is 0 Å². The molecule has 1 aromatic heterocycles. The van der Waals surface area contributed by atoms with Crippen molar-refractivity contribution < 1.29 is 0 Å². The Bertz CT molecular complexity index is 247. The zero-order valence-electron chi connectivity index (χ0n) is 6.26. The summed E-state index contributed by atoms with van der Waals surface area (Å²) in [6.07, 6.45) is 1.59. The highest BCUT2D eigenvalue weighted by atomic mass is 15.4. The van der Waals surface area contributed by atoms with Gasteiger partial charge in [0.2, 0.25) is 0 Å². The highest BCUT2D eigenvalue weighted by molar-refractivity contribution is 5.74. The Balaban J connectivity index is 2.96. The lowest BCUT2D eigenvalue weighted by molar-refractivity contribution is 0.967. The lowest BCUT2D eigenvalue weighted by Gasteiger charge is -2.07. The molecular formula is C6H11N5. The van der Waals surface area contributed by atoms with Crippen LogP contribution in [0.25, 0.3) is 0 Å². The molecule has 1 heterocycles. The number of hydrogen-bond donors (Lipinski definition) is 4. The van der Waals surface area contributed by atoms with Gasteiger partial charge >= 0.3 is 0 Å². The molecule has 0 saturated carbocycles. The minimum absolute atomic E-state index is 0.460. The zero-order valence-corrected chi connectivity index (χ0v) is 6.26. The Morgan fingerprint density at radius 1 is 1.45 bits per heavy atom. The predicted molar refractivity (Wildman–Crippen MR) is 45.7 cm³/mol. The van der Waals surface area contributed by atoms with Crippen LogP contribution in [0.1, 0.15) is 0 Å². The van der Waals surface area contributed by atoms with E-state index >= 15 is 0 Å².